The van der Waals surface area contributed by atoms with Crippen molar-refractivity contribution in [1.82, 2.24) is 5.32 Å². The second-order valence-electron chi connectivity index (χ2n) is 7.47. The zero-order valence-corrected chi connectivity index (χ0v) is 19.1. The highest BCUT2D eigenvalue weighted by Crippen LogP contribution is 2.44. The average Bonchev–Trinajstić information content (AvgIpc) is 2.86. The first-order chi connectivity index (χ1) is 15.7. The maximum absolute atomic E-state index is 13.0. The molecule has 0 saturated heterocycles. The molecule has 0 aliphatic carbocycles. The molecule has 0 fully saturated rings. The van der Waals surface area contributed by atoms with Crippen molar-refractivity contribution < 1.29 is 19.0 Å². The van der Waals surface area contributed by atoms with Gasteiger partial charge in [-0.2, -0.15) is 0 Å². The first kappa shape index (κ1) is 22.1. The number of fused-ring (bicyclic) bond motifs is 1. The van der Waals surface area contributed by atoms with Crippen molar-refractivity contribution in [3.05, 3.63) is 83.9 Å². The second-order valence-corrected chi connectivity index (χ2v) is 8.72. The van der Waals surface area contributed by atoms with Crippen LogP contribution in [0.15, 0.2) is 77.7 Å². The lowest BCUT2D eigenvalue weighted by Gasteiger charge is -2.30. The van der Waals surface area contributed by atoms with Gasteiger partial charge in [-0.3, -0.25) is 4.79 Å². The summed E-state index contributed by atoms with van der Waals surface area (Å²) in [6.45, 7) is 0.716. The first-order valence-electron chi connectivity index (χ1n) is 10.6. The highest BCUT2D eigenvalue weighted by molar-refractivity contribution is 8.00. The molecule has 1 amide bonds. The number of ether oxygens (including phenoxy) is 3. The van der Waals surface area contributed by atoms with E-state index < -0.39 is 0 Å². The van der Waals surface area contributed by atoms with Gasteiger partial charge in [0.25, 0.3) is 0 Å². The summed E-state index contributed by atoms with van der Waals surface area (Å²) in [7, 11) is 3.18. The zero-order valence-electron chi connectivity index (χ0n) is 18.2. The lowest BCUT2D eigenvalue weighted by molar-refractivity contribution is -0.120. The fraction of sp³-hybridized carbons (Fsp3) is 0.269. The predicted octanol–water partition coefficient (Wildman–Crippen LogP) is 4.90. The van der Waals surface area contributed by atoms with E-state index in [4.69, 9.17) is 14.2 Å². The van der Waals surface area contributed by atoms with E-state index in [0.717, 1.165) is 6.42 Å². The molecule has 4 rings (SSSR count). The van der Waals surface area contributed by atoms with Crippen LogP contribution >= 0.6 is 11.8 Å². The molecular weight excluding hydrogens is 422 g/mol. The molecule has 3 aromatic carbocycles. The van der Waals surface area contributed by atoms with Gasteiger partial charge in [-0.05, 0) is 35.7 Å². The van der Waals surface area contributed by atoms with Crippen LogP contribution in [0.25, 0.3) is 0 Å². The van der Waals surface area contributed by atoms with Gasteiger partial charge in [0.05, 0.1) is 26.0 Å². The minimum atomic E-state index is -0.157. The maximum Gasteiger partial charge on any atom is 0.233 e. The molecule has 3 aromatic rings. The topological polar surface area (TPSA) is 56.8 Å². The molecule has 6 heteroatoms. The highest BCUT2D eigenvalue weighted by atomic mass is 32.2. The number of hydrogen-bond acceptors (Lipinski definition) is 5. The largest absolute Gasteiger partial charge is 0.493 e. The summed E-state index contributed by atoms with van der Waals surface area (Å²) in [5.41, 5.74) is 2.53. The molecule has 1 N–H and O–H groups in total. The summed E-state index contributed by atoms with van der Waals surface area (Å²) in [6.07, 6.45) is 0.763. The zero-order chi connectivity index (χ0) is 22.3. The summed E-state index contributed by atoms with van der Waals surface area (Å²) in [4.78, 5) is 14.2. The molecule has 166 valence electrons. The number of methoxy groups -OCH3 is 2. The molecule has 32 heavy (non-hydrogen) atoms. The summed E-state index contributed by atoms with van der Waals surface area (Å²) >= 11 is 1.64. The van der Waals surface area contributed by atoms with Gasteiger partial charge in [-0.1, -0.05) is 54.6 Å². The molecule has 5 nitrogen and oxygen atoms in total. The number of para-hydroxylation sites is 1. The molecule has 0 spiro atoms. The number of amides is 1. The van der Waals surface area contributed by atoms with Crippen molar-refractivity contribution >= 4 is 17.7 Å². The first-order valence-corrected chi connectivity index (χ1v) is 11.5. The van der Waals surface area contributed by atoms with Crippen LogP contribution in [-0.4, -0.2) is 38.5 Å². The molecule has 1 aliphatic heterocycles. The fourth-order valence-corrected chi connectivity index (χ4v) is 5.27. The quantitative estimate of drug-likeness (QED) is 0.496. The van der Waals surface area contributed by atoms with E-state index in [1.807, 2.05) is 30.3 Å². The normalized spacial score (nSPS) is 17.2. The fourth-order valence-electron chi connectivity index (χ4n) is 3.98. The number of carbonyl (C=O) groups is 1. The van der Waals surface area contributed by atoms with Gasteiger partial charge < -0.3 is 19.5 Å². The van der Waals surface area contributed by atoms with Crippen LogP contribution in [0, 0.1) is 0 Å². The van der Waals surface area contributed by atoms with Crippen molar-refractivity contribution in [2.24, 2.45) is 0 Å². The van der Waals surface area contributed by atoms with Gasteiger partial charge >= 0.3 is 0 Å². The third-order valence-electron chi connectivity index (χ3n) is 5.54. The summed E-state index contributed by atoms with van der Waals surface area (Å²) in [5, 5.41) is 2.88. The van der Waals surface area contributed by atoms with Crippen molar-refractivity contribution in [2.45, 2.75) is 22.5 Å². The van der Waals surface area contributed by atoms with E-state index in [0.29, 0.717) is 30.4 Å². The van der Waals surface area contributed by atoms with Crippen LogP contribution in [0.3, 0.4) is 0 Å². The molecular formula is C26H27NO4S. The predicted molar refractivity (Wildman–Crippen MR) is 127 cm³/mol. The number of hydrogen-bond donors (Lipinski definition) is 1. The van der Waals surface area contributed by atoms with Gasteiger partial charge in [-0.15, -0.1) is 11.8 Å². The molecule has 1 aliphatic rings. The van der Waals surface area contributed by atoms with Crippen LogP contribution < -0.4 is 19.5 Å². The van der Waals surface area contributed by atoms with Crippen molar-refractivity contribution in [3.8, 4) is 17.2 Å². The summed E-state index contributed by atoms with van der Waals surface area (Å²) < 4.78 is 16.6. The third kappa shape index (κ3) is 4.86. The molecule has 0 saturated carbocycles. The molecule has 2 atom stereocenters. The van der Waals surface area contributed by atoms with E-state index in [-0.39, 0.29) is 17.1 Å². The molecule has 0 bridgehead atoms. The Labute approximate surface area is 193 Å². The molecule has 0 radical (unpaired) electrons. The maximum atomic E-state index is 13.0. The number of nitrogens with one attached hydrogen (secondary N) is 1. The SMILES string of the molecule is COc1cccc(OC)c1OCCNC(=O)[C@@H]1C[C@H](c2ccccc2)c2ccccc2S1. The van der Waals surface area contributed by atoms with Crippen LogP contribution in [0.2, 0.25) is 0 Å². The van der Waals surface area contributed by atoms with Gasteiger partial charge in [0.1, 0.15) is 6.61 Å². The van der Waals surface area contributed by atoms with Crippen LogP contribution in [0.1, 0.15) is 23.5 Å². The van der Waals surface area contributed by atoms with E-state index in [2.05, 4.69) is 47.8 Å². The van der Waals surface area contributed by atoms with Gasteiger partial charge in [-0.25, -0.2) is 0 Å². The third-order valence-corrected chi connectivity index (χ3v) is 6.85. The number of carbonyl (C=O) groups excluding carboxylic acids is 1. The van der Waals surface area contributed by atoms with Crippen molar-refractivity contribution in [2.75, 3.05) is 27.4 Å². The molecule has 0 aromatic heterocycles. The van der Waals surface area contributed by atoms with Gasteiger partial charge in [0.2, 0.25) is 11.7 Å². The van der Waals surface area contributed by atoms with Gasteiger partial charge in [0, 0.05) is 10.8 Å². The number of thioether (sulfide) groups is 1. The second kappa shape index (κ2) is 10.5. The Balaban J connectivity index is 1.39. The Kier molecular flexibility index (Phi) is 7.22. The standard InChI is InChI=1S/C26H27NO4S/c1-29-21-12-8-13-22(30-2)25(21)31-16-15-27-26(28)24-17-20(18-9-4-3-5-10-18)19-11-6-7-14-23(19)32-24/h3-14,20,24H,15-17H2,1-2H3,(H,27,28)/t20-,24+/m1/s1. The van der Waals surface area contributed by atoms with Crippen molar-refractivity contribution in [1.29, 1.82) is 0 Å². The molecule has 0 unspecified atom stereocenters. The Hall–Kier alpha value is -3.12. The Bertz CT molecular complexity index is 1030. The highest BCUT2D eigenvalue weighted by Gasteiger charge is 2.32. The van der Waals surface area contributed by atoms with Crippen LogP contribution in [0.4, 0.5) is 0 Å². The number of rotatable bonds is 8. The summed E-state index contributed by atoms with van der Waals surface area (Å²) in [5.74, 6) is 1.97. The average molecular weight is 450 g/mol. The van der Waals surface area contributed by atoms with Gasteiger partial charge in [0.15, 0.2) is 11.5 Å². The Morgan fingerprint density at radius 2 is 1.62 bits per heavy atom. The van der Waals surface area contributed by atoms with Crippen LogP contribution in [0.5, 0.6) is 17.2 Å². The smallest absolute Gasteiger partial charge is 0.233 e. The minimum Gasteiger partial charge on any atom is -0.493 e. The lowest BCUT2D eigenvalue weighted by atomic mass is 9.86. The Morgan fingerprint density at radius 1 is 0.938 bits per heavy atom. The van der Waals surface area contributed by atoms with Crippen molar-refractivity contribution in [3.63, 3.8) is 0 Å². The van der Waals surface area contributed by atoms with E-state index in [9.17, 15) is 4.79 Å². The lowest BCUT2D eigenvalue weighted by Crippen LogP contribution is -2.37. The van der Waals surface area contributed by atoms with E-state index >= 15 is 0 Å². The monoisotopic (exact) mass is 449 g/mol. The molecule has 1 heterocycles. The Morgan fingerprint density at radius 3 is 2.34 bits per heavy atom. The summed E-state index contributed by atoms with van der Waals surface area (Å²) in [6, 6.07) is 24.3. The van der Waals surface area contributed by atoms with Crippen LogP contribution in [-0.2, 0) is 4.79 Å². The van der Waals surface area contributed by atoms with E-state index in [1.165, 1.54) is 16.0 Å². The number of benzene rings is 3. The minimum absolute atomic E-state index is 0.0287. The van der Waals surface area contributed by atoms with E-state index in [1.54, 1.807) is 26.0 Å².